The molecule has 144 valence electrons. The average molecular weight is 403 g/mol. The molecule has 2 aromatic carbocycles. The van der Waals surface area contributed by atoms with Gasteiger partial charge in [-0.1, -0.05) is 60.3 Å². The van der Waals surface area contributed by atoms with Gasteiger partial charge in [-0.2, -0.15) is 5.10 Å². The van der Waals surface area contributed by atoms with Gasteiger partial charge < -0.3 is 4.42 Å². The predicted octanol–water partition coefficient (Wildman–Crippen LogP) is 3.77. The van der Waals surface area contributed by atoms with Crippen molar-refractivity contribution >= 4 is 23.9 Å². The summed E-state index contributed by atoms with van der Waals surface area (Å²) in [4.78, 5) is 12.1. The third-order valence-corrected chi connectivity index (χ3v) is 4.87. The van der Waals surface area contributed by atoms with Crippen molar-refractivity contribution in [3.63, 3.8) is 0 Å². The van der Waals surface area contributed by atoms with Crippen LogP contribution in [0.5, 0.6) is 0 Å². The molecule has 0 aliphatic carbocycles. The predicted molar refractivity (Wildman–Crippen MR) is 112 cm³/mol. The molecule has 1 amide bonds. The van der Waals surface area contributed by atoms with Gasteiger partial charge in [-0.3, -0.25) is 9.36 Å². The number of carbonyl (C=O) groups is 1. The van der Waals surface area contributed by atoms with Crippen LogP contribution in [0.3, 0.4) is 0 Å². The van der Waals surface area contributed by atoms with E-state index in [0.29, 0.717) is 10.9 Å². The quantitative estimate of drug-likeness (QED) is 0.288. The van der Waals surface area contributed by atoms with Crippen molar-refractivity contribution < 1.29 is 9.21 Å². The summed E-state index contributed by atoms with van der Waals surface area (Å²) < 4.78 is 7.07. The Kier molecular flexibility index (Phi) is 5.82. The normalized spacial score (nSPS) is 11.0. The van der Waals surface area contributed by atoms with Crippen LogP contribution in [0.1, 0.15) is 5.76 Å². The van der Waals surface area contributed by atoms with E-state index in [1.807, 2.05) is 65.2 Å². The molecule has 0 saturated heterocycles. The van der Waals surface area contributed by atoms with Crippen LogP contribution in [-0.4, -0.2) is 32.6 Å². The van der Waals surface area contributed by atoms with Crippen LogP contribution >= 0.6 is 11.8 Å². The molecule has 0 unspecified atom stereocenters. The third kappa shape index (κ3) is 4.61. The first-order chi connectivity index (χ1) is 14.3. The molecule has 0 aliphatic rings. The summed E-state index contributed by atoms with van der Waals surface area (Å²) in [5.41, 5.74) is 4.35. The zero-order valence-corrected chi connectivity index (χ0v) is 16.1. The lowest BCUT2D eigenvalue weighted by Gasteiger charge is -2.10. The van der Waals surface area contributed by atoms with Crippen LogP contribution in [0.25, 0.3) is 17.1 Å². The molecule has 2 aromatic heterocycles. The molecule has 0 aliphatic heterocycles. The lowest BCUT2D eigenvalue weighted by Crippen LogP contribution is -2.19. The van der Waals surface area contributed by atoms with Crippen LogP contribution in [-0.2, 0) is 4.79 Å². The van der Waals surface area contributed by atoms with Crippen molar-refractivity contribution in [2.75, 3.05) is 5.75 Å². The largest absolute Gasteiger partial charge is 0.463 e. The number of thioether (sulfide) groups is 1. The van der Waals surface area contributed by atoms with Gasteiger partial charge in [-0.25, -0.2) is 5.43 Å². The van der Waals surface area contributed by atoms with Crippen molar-refractivity contribution in [2.45, 2.75) is 5.16 Å². The fraction of sp³-hybridized carbons (Fsp3) is 0.0476. The SMILES string of the molecule is O=C(CSc1nnc(-c2ccccc2)n1-c1ccccc1)NN=Cc1ccco1. The first kappa shape index (κ1) is 18.7. The third-order valence-electron chi connectivity index (χ3n) is 3.94. The summed E-state index contributed by atoms with van der Waals surface area (Å²) in [6.07, 6.45) is 2.99. The summed E-state index contributed by atoms with van der Waals surface area (Å²) in [7, 11) is 0. The highest BCUT2D eigenvalue weighted by molar-refractivity contribution is 7.99. The van der Waals surface area contributed by atoms with Gasteiger partial charge in [0.1, 0.15) is 5.76 Å². The average Bonchev–Trinajstić information content (AvgIpc) is 3.43. The topological polar surface area (TPSA) is 85.3 Å². The van der Waals surface area contributed by atoms with E-state index in [-0.39, 0.29) is 11.7 Å². The summed E-state index contributed by atoms with van der Waals surface area (Å²) in [6.45, 7) is 0. The summed E-state index contributed by atoms with van der Waals surface area (Å²) in [5, 5.41) is 13.2. The molecule has 4 aromatic rings. The van der Waals surface area contributed by atoms with Gasteiger partial charge in [0.25, 0.3) is 5.91 Å². The second kappa shape index (κ2) is 9.03. The van der Waals surface area contributed by atoms with Gasteiger partial charge in [0.05, 0.1) is 18.2 Å². The van der Waals surface area contributed by atoms with Gasteiger partial charge in [0.2, 0.25) is 0 Å². The Morgan fingerprint density at radius 1 is 1.03 bits per heavy atom. The lowest BCUT2D eigenvalue weighted by molar-refractivity contribution is -0.118. The first-order valence-corrected chi connectivity index (χ1v) is 9.84. The number of benzene rings is 2. The number of nitrogens with one attached hydrogen (secondary N) is 1. The van der Waals surface area contributed by atoms with Gasteiger partial charge in [-0.05, 0) is 24.3 Å². The number of aromatic nitrogens is 3. The van der Waals surface area contributed by atoms with E-state index in [4.69, 9.17) is 4.42 Å². The van der Waals surface area contributed by atoms with Crippen LogP contribution < -0.4 is 5.43 Å². The number of carbonyl (C=O) groups excluding carboxylic acids is 1. The van der Waals surface area contributed by atoms with Crippen molar-refractivity contribution in [1.29, 1.82) is 0 Å². The van der Waals surface area contributed by atoms with E-state index in [2.05, 4.69) is 20.7 Å². The van der Waals surface area contributed by atoms with E-state index < -0.39 is 0 Å². The molecule has 0 saturated carbocycles. The number of hydrogen-bond acceptors (Lipinski definition) is 6. The van der Waals surface area contributed by atoms with Crippen LogP contribution in [0, 0.1) is 0 Å². The van der Waals surface area contributed by atoms with E-state index in [9.17, 15) is 4.79 Å². The van der Waals surface area contributed by atoms with Crippen LogP contribution in [0.4, 0.5) is 0 Å². The van der Waals surface area contributed by atoms with Crippen LogP contribution in [0.2, 0.25) is 0 Å². The van der Waals surface area contributed by atoms with Crippen molar-refractivity contribution in [1.82, 2.24) is 20.2 Å². The summed E-state index contributed by atoms with van der Waals surface area (Å²) in [6, 6.07) is 23.1. The highest BCUT2D eigenvalue weighted by Gasteiger charge is 2.16. The molecule has 0 fully saturated rings. The number of hydrogen-bond donors (Lipinski definition) is 1. The molecule has 29 heavy (non-hydrogen) atoms. The number of rotatable bonds is 7. The number of furan rings is 1. The van der Waals surface area contributed by atoms with Gasteiger partial charge in [0, 0.05) is 11.3 Å². The lowest BCUT2D eigenvalue weighted by atomic mass is 10.2. The second-order valence-corrected chi connectivity index (χ2v) is 6.88. The molecular formula is C21H17N5O2S. The minimum absolute atomic E-state index is 0.148. The van der Waals surface area contributed by atoms with Crippen molar-refractivity contribution in [2.24, 2.45) is 5.10 Å². The maximum absolute atomic E-state index is 12.1. The van der Waals surface area contributed by atoms with E-state index in [1.54, 1.807) is 18.4 Å². The maximum atomic E-state index is 12.1. The van der Waals surface area contributed by atoms with E-state index >= 15 is 0 Å². The Bertz CT molecular complexity index is 1090. The standard InChI is InChI=1S/C21H17N5O2S/c27-19(23-22-14-18-12-7-13-28-18)15-29-21-25-24-20(16-8-3-1-4-9-16)26(21)17-10-5-2-6-11-17/h1-14H,15H2,(H,23,27). The Hall–Kier alpha value is -3.65. The molecule has 7 nitrogen and oxygen atoms in total. The Balaban J connectivity index is 1.51. The van der Waals surface area contributed by atoms with Crippen molar-refractivity contribution in [3.05, 3.63) is 84.8 Å². The molecule has 8 heteroatoms. The number of para-hydroxylation sites is 1. The molecular weight excluding hydrogens is 386 g/mol. The maximum Gasteiger partial charge on any atom is 0.250 e. The fourth-order valence-corrected chi connectivity index (χ4v) is 3.39. The first-order valence-electron chi connectivity index (χ1n) is 8.86. The van der Waals surface area contributed by atoms with Crippen LogP contribution in [0.15, 0.2) is 93.7 Å². The highest BCUT2D eigenvalue weighted by atomic mass is 32.2. The highest BCUT2D eigenvalue weighted by Crippen LogP contribution is 2.27. The van der Waals surface area contributed by atoms with Gasteiger partial charge >= 0.3 is 0 Å². The molecule has 0 spiro atoms. The number of nitrogens with zero attached hydrogens (tertiary/aromatic N) is 4. The van der Waals surface area contributed by atoms with Gasteiger partial charge in [0.15, 0.2) is 11.0 Å². The molecule has 1 N–H and O–H groups in total. The minimum atomic E-state index is -0.248. The fourth-order valence-electron chi connectivity index (χ4n) is 2.64. The minimum Gasteiger partial charge on any atom is -0.463 e. The molecule has 0 radical (unpaired) electrons. The molecule has 2 heterocycles. The monoisotopic (exact) mass is 403 g/mol. The zero-order chi connectivity index (χ0) is 19.9. The molecule has 0 atom stereocenters. The Morgan fingerprint density at radius 2 is 1.79 bits per heavy atom. The Morgan fingerprint density at radius 3 is 2.52 bits per heavy atom. The van der Waals surface area contributed by atoms with E-state index in [0.717, 1.165) is 17.1 Å². The smallest absolute Gasteiger partial charge is 0.250 e. The van der Waals surface area contributed by atoms with Gasteiger partial charge in [-0.15, -0.1) is 10.2 Å². The Labute approximate surface area is 171 Å². The second-order valence-electron chi connectivity index (χ2n) is 5.94. The van der Waals surface area contributed by atoms with E-state index in [1.165, 1.54) is 18.0 Å². The zero-order valence-electron chi connectivity index (χ0n) is 15.3. The number of hydrazone groups is 1. The molecule has 0 bridgehead atoms. The van der Waals surface area contributed by atoms with Crippen molar-refractivity contribution in [3.8, 4) is 17.1 Å². The molecule has 4 rings (SSSR count). The summed E-state index contributed by atoms with van der Waals surface area (Å²) >= 11 is 1.29. The number of amides is 1. The summed E-state index contributed by atoms with van der Waals surface area (Å²) in [5.74, 6) is 1.18.